The molecule has 53 heavy (non-hydrogen) atoms. The second kappa shape index (κ2) is 16.5. The second-order valence-corrected chi connectivity index (χ2v) is 14.2. The summed E-state index contributed by atoms with van der Waals surface area (Å²) in [6.45, 7) is 0. The lowest BCUT2D eigenvalue weighted by atomic mass is 9.54. The Labute approximate surface area is 310 Å². The number of aliphatic hydroxyl groups is 1. The topological polar surface area (TPSA) is 171 Å². The number of nitrogens with one attached hydrogen (secondary N) is 1. The van der Waals surface area contributed by atoms with Crippen molar-refractivity contribution in [2.24, 2.45) is 17.8 Å². The lowest BCUT2D eigenvalue weighted by Crippen LogP contribution is -2.53. The van der Waals surface area contributed by atoms with Crippen molar-refractivity contribution in [1.82, 2.24) is 9.97 Å². The molecule has 0 spiro atoms. The number of rotatable bonds is 16. The summed E-state index contributed by atoms with van der Waals surface area (Å²) in [4.78, 5) is 22.9. The van der Waals surface area contributed by atoms with Gasteiger partial charge in [0.2, 0.25) is 5.75 Å². The summed E-state index contributed by atoms with van der Waals surface area (Å²) in [5.74, 6) is -0.932. The average Bonchev–Trinajstić information content (AvgIpc) is 3.80. The molecule has 10 nitrogen and oxygen atoms in total. The molecule has 1 saturated carbocycles. The van der Waals surface area contributed by atoms with Crippen molar-refractivity contribution in [2.45, 2.75) is 62.9 Å². The van der Waals surface area contributed by atoms with Crippen LogP contribution >= 0.6 is 0 Å². The molecule has 10 heteroatoms. The molecule has 0 bridgehead atoms. The number of phenolic OH excluding ortho intramolecular Hbond substituents is 3. The predicted octanol–water partition coefficient (Wildman–Crippen LogP) is 6.69. The van der Waals surface area contributed by atoms with Gasteiger partial charge in [0.25, 0.3) is 0 Å². The molecule has 5 aromatic rings. The van der Waals surface area contributed by atoms with E-state index >= 15 is 4.79 Å². The van der Waals surface area contributed by atoms with Gasteiger partial charge in [-0.25, -0.2) is 4.98 Å². The molecule has 2 heterocycles. The molecule has 5 atom stereocenters. The number of nitrogen functional groups attached to an aromatic ring is 1. The molecule has 0 unspecified atom stereocenters. The van der Waals surface area contributed by atoms with Crippen molar-refractivity contribution in [3.8, 4) is 28.7 Å². The minimum Gasteiger partial charge on any atom is -0.504 e. The number of Topliss-reactive ketones (excluding diaryl/α,β-unsaturated/α-hetero) is 1. The SMILES string of the molecule is COc1cc(CC[C@@H](O)[C@H](C(=O)CCc2cc(O)c(O)c(OC)c2)[C@@]2(c3ccnc(N)c3)[C@@H](Cc3ccc[nH]3)CC[C@H]2Cc2ccccc2)ccc1O. The number of pyridine rings is 1. The number of phenols is 3. The van der Waals surface area contributed by atoms with E-state index < -0.39 is 17.4 Å². The van der Waals surface area contributed by atoms with Crippen LogP contribution in [0.5, 0.6) is 28.7 Å². The number of hydrogen-bond acceptors (Lipinski definition) is 9. The van der Waals surface area contributed by atoms with Gasteiger partial charge in [-0.1, -0.05) is 36.4 Å². The van der Waals surface area contributed by atoms with E-state index in [2.05, 4.69) is 28.2 Å². The molecule has 0 saturated heterocycles. The van der Waals surface area contributed by atoms with Gasteiger partial charge in [-0.3, -0.25) is 4.79 Å². The van der Waals surface area contributed by atoms with E-state index in [4.69, 9.17) is 15.2 Å². The number of nitrogens with zero attached hydrogens (tertiary/aromatic N) is 1. The van der Waals surface area contributed by atoms with Crippen LogP contribution < -0.4 is 15.2 Å². The first-order valence-electron chi connectivity index (χ1n) is 18.2. The molecule has 7 N–H and O–H groups in total. The Morgan fingerprint density at radius 1 is 0.849 bits per heavy atom. The number of ether oxygens (including phenoxy) is 2. The maximum absolute atomic E-state index is 15.2. The number of methoxy groups -OCH3 is 2. The fraction of sp³-hybridized carbons (Fsp3) is 0.349. The van der Waals surface area contributed by atoms with Crippen LogP contribution in [-0.4, -0.2) is 56.5 Å². The van der Waals surface area contributed by atoms with Gasteiger partial charge >= 0.3 is 0 Å². The normalized spacial score (nSPS) is 19.5. The molecule has 0 amide bonds. The number of aliphatic hydroxyl groups excluding tert-OH is 1. The summed E-state index contributed by atoms with van der Waals surface area (Å²) in [7, 11) is 2.90. The fourth-order valence-corrected chi connectivity index (χ4v) is 8.82. The summed E-state index contributed by atoms with van der Waals surface area (Å²) in [6.07, 6.45) is 6.57. The predicted molar refractivity (Wildman–Crippen MR) is 203 cm³/mol. The number of nitrogens with two attached hydrogens (primary N) is 1. The van der Waals surface area contributed by atoms with Crippen molar-refractivity contribution >= 4 is 11.6 Å². The highest BCUT2D eigenvalue weighted by atomic mass is 16.5. The van der Waals surface area contributed by atoms with E-state index in [1.807, 2.05) is 42.6 Å². The van der Waals surface area contributed by atoms with Gasteiger partial charge in [-0.15, -0.1) is 0 Å². The smallest absolute Gasteiger partial charge is 0.200 e. The number of carbonyl (C=O) groups is 1. The van der Waals surface area contributed by atoms with Crippen LogP contribution in [0.15, 0.2) is 97.3 Å². The highest BCUT2D eigenvalue weighted by Gasteiger charge is 2.59. The summed E-state index contributed by atoms with van der Waals surface area (Å²) in [5, 5.41) is 43.5. The summed E-state index contributed by atoms with van der Waals surface area (Å²) in [5.41, 5.74) is 10.1. The molecule has 1 fully saturated rings. The van der Waals surface area contributed by atoms with Crippen LogP contribution in [0.3, 0.4) is 0 Å². The largest absolute Gasteiger partial charge is 0.504 e. The first-order chi connectivity index (χ1) is 25.6. The third kappa shape index (κ3) is 7.98. The number of aromatic amines is 1. The average molecular weight is 720 g/mol. The summed E-state index contributed by atoms with van der Waals surface area (Å²) >= 11 is 0. The molecule has 6 rings (SSSR count). The van der Waals surface area contributed by atoms with Gasteiger partial charge in [0.1, 0.15) is 11.6 Å². The number of hydrogen-bond donors (Lipinski definition) is 6. The van der Waals surface area contributed by atoms with Crippen molar-refractivity contribution in [3.63, 3.8) is 0 Å². The number of carbonyl (C=O) groups excluding carboxylic acids is 1. The Kier molecular flexibility index (Phi) is 11.6. The summed E-state index contributed by atoms with van der Waals surface area (Å²) < 4.78 is 10.6. The number of aryl methyl sites for hydroxylation is 2. The standard InChI is InChI=1S/C43H49N3O7/c1-52-38-23-28(10-15-34(38)47)11-16-35(48)41(36(49)17-12-29-22-37(50)42(51)39(24-29)53-2)43(32-18-20-46-40(44)26-32)30(21-27-7-4-3-5-8-27)13-14-31(43)25-33-9-6-19-45-33/h3-10,15,18-20,22-24,26,30-31,35,41,45,47-48,50-51H,11-14,16-17,21,25H2,1-2H3,(H2,44,46)/t30-,31+,35+,41+,43+/m0/s1. The molecular formula is C43H49N3O7. The van der Waals surface area contributed by atoms with Gasteiger partial charge < -0.3 is 40.6 Å². The zero-order valence-corrected chi connectivity index (χ0v) is 30.2. The fourth-order valence-electron chi connectivity index (χ4n) is 8.82. The number of aromatic hydroxyl groups is 3. The number of H-pyrrole nitrogens is 1. The molecular weight excluding hydrogens is 670 g/mol. The van der Waals surface area contributed by atoms with Crippen LogP contribution in [-0.2, 0) is 35.9 Å². The maximum atomic E-state index is 15.2. The number of aromatic nitrogens is 2. The lowest BCUT2D eigenvalue weighted by Gasteiger charge is -2.48. The molecule has 3 aromatic carbocycles. The Morgan fingerprint density at radius 3 is 2.28 bits per heavy atom. The van der Waals surface area contributed by atoms with Gasteiger partial charge in [0.15, 0.2) is 23.0 Å². The maximum Gasteiger partial charge on any atom is 0.200 e. The first kappa shape index (κ1) is 37.3. The van der Waals surface area contributed by atoms with Crippen molar-refractivity contribution in [1.29, 1.82) is 0 Å². The van der Waals surface area contributed by atoms with Crippen LogP contribution in [0.1, 0.15) is 53.6 Å². The van der Waals surface area contributed by atoms with Crippen LogP contribution in [0.4, 0.5) is 5.82 Å². The molecule has 1 aliphatic carbocycles. The molecule has 0 radical (unpaired) electrons. The molecule has 2 aromatic heterocycles. The highest BCUT2D eigenvalue weighted by molar-refractivity contribution is 5.84. The van der Waals surface area contributed by atoms with Crippen LogP contribution in [0, 0.1) is 17.8 Å². The number of anilines is 1. The Balaban J connectivity index is 1.48. The van der Waals surface area contributed by atoms with E-state index in [1.165, 1.54) is 20.3 Å². The van der Waals surface area contributed by atoms with Gasteiger partial charge in [0, 0.05) is 29.9 Å². The quantitative estimate of drug-likeness (QED) is 0.0609. The number of ketones is 1. The number of benzene rings is 3. The van der Waals surface area contributed by atoms with Crippen LogP contribution in [0.2, 0.25) is 0 Å². The Hall–Kier alpha value is -5.48. The molecule has 1 aliphatic rings. The second-order valence-electron chi connectivity index (χ2n) is 14.2. The minimum absolute atomic E-state index is 0.0258. The van der Waals surface area contributed by atoms with Crippen molar-refractivity contribution in [3.05, 3.63) is 125 Å². The third-order valence-corrected chi connectivity index (χ3v) is 11.2. The monoisotopic (exact) mass is 719 g/mol. The Morgan fingerprint density at radius 2 is 1.58 bits per heavy atom. The van der Waals surface area contributed by atoms with Gasteiger partial charge in [-0.2, -0.15) is 0 Å². The molecule has 0 aliphatic heterocycles. The first-order valence-corrected chi connectivity index (χ1v) is 18.2. The van der Waals surface area contributed by atoms with Gasteiger partial charge in [-0.05, 0) is 128 Å². The minimum atomic E-state index is -1.07. The van der Waals surface area contributed by atoms with E-state index in [0.29, 0.717) is 36.4 Å². The highest BCUT2D eigenvalue weighted by Crippen LogP contribution is 2.58. The lowest BCUT2D eigenvalue weighted by molar-refractivity contribution is -0.133. The van der Waals surface area contributed by atoms with Gasteiger partial charge in [0.05, 0.1) is 26.2 Å². The third-order valence-electron chi connectivity index (χ3n) is 11.2. The van der Waals surface area contributed by atoms with Crippen molar-refractivity contribution < 1.29 is 34.7 Å². The molecule has 278 valence electrons. The zero-order chi connectivity index (χ0) is 37.5. The van der Waals surface area contributed by atoms with E-state index in [0.717, 1.165) is 35.2 Å². The van der Waals surface area contributed by atoms with E-state index in [9.17, 15) is 20.4 Å². The zero-order valence-electron chi connectivity index (χ0n) is 30.2. The van der Waals surface area contributed by atoms with E-state index in [-0.39, 0.29) is 59.9 Å². The van der Waals surface area contributed by atoms with E-state index in [1.54, 1.807) is 30.5 Å². The summed E-state index contributed by atoms with van der Waals surface area (Å²) in [6, 6.07) is 26.3. The van der Waals surface area contributed by atoms with Crippen LogP contribution in [0.25, 0.3) is 0 Å². The Bertz CT molecular complexity index is 1980. The van der Waals surface area contributed by atoms with Crippen molar-refractivity contribution in [2.75, 3.05) is 20.0 Å².